The Morgan fingerprint density at radius 3 is 2.31 bits per heavy atom. The van der Waals surface area contributed by atoms with Gasteiger partial charge in [0.1, 0.15) is 5.69 Å². The molecule has 0 aromatic carbocycles. The van der Waals surface area contributed by atoms with Crippen LogP contribution in [0.25, 0.3) is 17.1 Å². The van der Waals surface area contributed by atoms with E-state index in [-0.39, 0.29) is 11.5 Å². The molecule has 136 valence electrons. The molecule has 0 aliphatic rings. The summed E-state index contributed by atoms with van der Waals surface area (Å²) in [4.78, 5) is 6.84. The van der Waals surface area contributed by atoms with Crippen molar-refractivity contribution in [1.29, 1.82) is 0 Å². The molecule has 0 saturated carbocycles. The first kappa shape index (κ1) is 17.8. The normalized spacial score (nSPS) is 12.4. The molecule has 0 aliphatic heterocycles. The van der Waals surface area contributed by atoms with Gasteiger partial charge in [-0.1, -0.05) is 6.07 Å². The fourth-order valence-corrected chi connectivity index (χ4v) is 2.17. The maximum atomic E-state index is 13.9. The third-order valence-corrected chi connectivity index (χ3v) is 3.33. The van der Waals surface area contributed by atoms with Crippen LogP contribution in [0.3, 0.4) is 0 Å². The quantitative estimate of drug-likeness (QED) is 0.488. The molecule has 3 aromatic rings. The predicted octanol–water partition coefficient (Wildman–Crippen LogP) is 4.51. The van der Waals surface area contributed by atoms with Crippen LogP contribution in [0.1, 0.15) is 11.3 Å². The molecule has 0 N–H and O–H groups in total. The lowest BCUT2D eigenvalue weighted by Crippen LogP contribution is -2.14. The third kappa shape index (κ3) is 3.37. The van der Waals surface area contributed by atoms with Crippen LogP contribution in [-0.2, 0) is 12.4 Å². The van der Waals surface area contributed by atoms with Gasteiger partial charge in [-0.2, -0.15) is 35.8 Å². The van der Waals surface area contributed by atoms with Gasteiger partial charge < -0.3 is 0 Å². The summed E-state index contributed by atoms with van der Waals surface area (Å²) in [5.41, 5.74) is -3.26. The largest absolute Gasteiger partial charge is 0.433 e. The van der Waals surface area contributed by atoms with E-state index >= 15 is 0 Å². The van der Waals surface area contributed by atoms with Crippen molar-refractivity contribution in [3.63, 3.8) is 0 Å². The average Bonchev–Trinajstić information content (AvgIpc) is 3.04. The first-order chi connectivity index (χ1) is 12.1. The first-order valence-electron chi connectivity index (χ1n) is 6.89. The molecular formula is C15H7F7N4. The number of alkyl halides is 6. The Morgan fingerprint density at radius 1 is 0.923 bits per heavy atom. The lowest BCUT2D eigenvalue weighted by atomic mass is 10.1. The summed E-state index contributed by atoms with van der Waals surface area (Å²) in [6.45, 7) is 0. The lowest BCUT2D eigenvalue weighted by Gasteiger charge is -2.12. The van der Waals surface area contributed by atoms with Gasteiger partial charge in [0.15, 0.2) is 5.82 Å². The van der Waals surface area contributed by atoms with Crippen molar-refractivity contribution in [2.24, 2.45) is 0 Å². The van der Waals surface area contributed by atoms with E-state index in [0.717, 1.165) is 18.3 Å². The Kier molecular flexibility index (Phi) is 4.17. The van der Waals surface area contributed by atoms with E-state index < -0.39 is 35.1 Å². The molecule has 0 bridgehead atoms. The number of rotatable bonds is 2. The van der Waals surface area contributed by atoms with Gasteiger partial charge in [0.2, 0.25) is 5.95 Å². The highest BCUT2D eigenvalue weighted by Gasteiger charge is 2.35. The molecule has 0 amide bonds. The summed E-state index contributed by atoms with van der Waals surface area (Å²) in [5.74, 6) is -1.57. The van der Waals surface area contributed by atoms with Gasteiger partial charge in [0.05, 0.1) is 23.0 Å². The Labute approximate surface area is 140 Å². The Morgan fingerprint density at radius 2 is 1.65 bits per heavy atom. The van der Waals surface area contributed by atoms with Crippen LogP contribution in [0.2, 0.25) is 0 Å². The SMILES string of the molecule is Fc1ncc(C(F)(F)F)cc1-c1cccc(-n2nccc2C(F)(F)F)n1. The molecule has 0 saturated heterocycles. The summed E-state index contributed by atoms with van der Waals surface area (Å²) >= 11 is 0. The maximum absolute atomic E-state index is 13.9. The fraction of sp³-hybridized carbons (Fsp3) is 0.133. The molecular weight excluding hydrogens is 369 g/mol. The minimum Gasteiger partial charge on any atom is -0.228 e. The smallest absolute Gasteiger partial charge is 0.228 e. The highest BCUT2D eigenvalue weighted by molar-refractivity contribution is 5.60. The van der Waals surface area contributed by atoms with Crippen LogP contribution in [0.4, 0.5) is 30.7 Å². The third-order valence-electron chi connectivity index (χ3n) is 3.33. The van der Waals surface area contributed by atoms with Crippen LogP contribution in [0, 0.1) is 5.95 Å². The van der Waals surface area contributed by atoms with Crippen molar-refractivity contribution in [2.75, 3.05) is 0 Å². The van der Waals surface area contributed by atoms with Crippen LogP contribution in [-0.4, -0.2) is 19.7 Å². The van der Waals surface area contributed by atoms with Gasteiger partial charge in [0.25, 0.3) is 0 Å². The monoisotopic (exact) mass is 376 g/mol. The van der Waals surface area contributed by atoms with Gasteiger partial charge >= 0.3 is 12.4 Å². The van der Waals surface area contributed by atoms with Crippen molar-refractivity contribution in [1.82, 2.24) is 19.7 Å². The zero-order chi connectivity index (χ0) is 19.1. The topological polar surface area (TPSA) is 43.6 Å². The molecule has 0 spiro atoms. The molecule has 26 heavy (non-hydrogen) atoms. The number of pyridine rings is 2. The second-order valence-corrected chi connectivity index (χ2v) is 5.07. The van der Waals surface area contributed by atoms with Crippen molar-refractivity contribution >= 4 is 0 Å². The van der Waals surface area contributed by atoms with E-state index in [4.69, 9.17) is 0 Å². The molecule has 0 unspecified atom stereocenters. The number of nitrogens with zero attached hydrogens (tertiary/aromatic N) is 4. The number of hydrogen-bond acceptors (Lipinski definition) is 3. The highest BCUT2D eigenvalue weighted by atomic mass is 19.4. The Balaban J connectivity index is 2.11. The van der Waals surface area contributed by atoms with Crippen molar-refractivity contribution in [2.45, 2.75) is 12.4 Å². The summed E-state index contributed by atoms with van der Waals surface area (Å²) < 4.78 is 91.5. The molecule has 3 heterocycles. The number of halogens is 7. The van der Waals surface area contributed by atoms with Gasteiger partial charge in [-0.05, 0) is 24.3 Å². The number of aromatic nitrogens is 4. The van der Waals surface area contributed by atoms with Crippen LogP contribution in [0.15, 0.2) is 42.7 Å². The number of hydrogen-bond donors (Lipinski definition) is 0. The summed E-state index contributed by atoms with van der Waals surface area (Å²) in [6.07, 6.45) is -8.28. The zero-order valence-electron chi connectivity index (χ0n) is 12.5. The summed E-state index contributed by atoms with van der Waals surface area (Å²) in [7, 11) is 0. The predicted molar refractivity (Wildman–Crippen MR) is 74.6 cm³/mol. The average molecular weight is 376 g/mol. The standard InChI is InChI=1S/C15H7F7N4/c16-13-9(6-8(7-23-13)14(17,18)19)10-2-1-3-12(25-10)26-11(4-5-24-26)15(20,21)22/h1-7H. The molecule has 0 radical (unpaired) electrons. The summed E-state index contributed by atoms with van der Waals surface area (Å²) in [6, 6.07) is 4.73. The van der Waals surface area contributed by atoms with Gasteiger partial charge in [0, 0.05) is 6.20 Å². The fourth-order valence-electron chi connectivity index (χ4n) is 2.17. The van der Waals surface area contributed by atoms with E-state index in [1.54, 1.807) is 0 Å². The molecule has 4 nitrogen and oxygen atoms in total. The van der Waals surface area contributed by atoms with Gasteiger partial charge in [-0.25, -0.2) is 14.6 Å². The van der Waals surface area contributed by atoms with E-state index in [2.05, 4.69) is 15.1 Å². The van der Waals surface area contributed by atoms with Crippen LogP contribution >= 0.6 is 0 Å². The first-order valence-corrected chi connectivity index (χ1v) is 6.89. The van der Waals surface area contributed by atoms with Crippen LogP contribution in [0.5, 0.6) is 0 Å². The lowest BCUT2D eigenvalue weighted by molar-refractivity contribution is -0.143. The van der Waals surface area contributed by atoms with E-state index in [1.165, 1.54) is 6.07 Å². The zero-order valence-corrected chi connectivity index (χ0v) is 12.5. The maximum Gasteiger partial charge on any atom is 0.433 e. The van der Waals surface area contributed by atoms with Crippen molar-refractivity contribution < 1.29 is 30.7 Å². The molecule has 3 aromatic heterocycles. The molecule has 11 heteroatoms. The second kappa shape index (κ2) is 6.07. The van der Waals surface area contributed by atoms with Crippen LogP contribution < -0.4 is 0 Å². The molecule has 3 rings (SSSR count). The minimum atomic E-state index is -4.77. The highest BCUT2D eigenvalue weighted by Crippen LogP contribution is 2.33. The Bertz CT molecular complexity index is 944. The van der Waals surface area contributed by atoms with Gasteiger partial charge in [-0.3, -0.25) is 0 Å². The van der Waals surface area contributed by atoms with E-state index in [0.29, 0.717) is 23.0 Å². The molecule has 0 fully saturated rings. The Hall–Kier alpha value is -2.98. The minimum absolute atomic E-state index is 0.317. The van der Waals surface area contributed by atoms with E-state index in [1.807, 2.05) is 0 Å². The molecule has 0 aliphatic carbocycles. The second-order valence-electron chi connectivity index (χ2n) is 5.07. The summed E-state index contributed by atoms with van der Waals surface area (Å²) in [5, 5.41) is 3.51. The van der Waals surface area contributed by atoms with Crippen molar-refractivity contribution in [3.8, 4) is 17.1 Å². The van der Waals surface area contributed by atoms with E-state index in [9.17, 15) is 30.7 Å². The van der Waals surface area contributed by atoms with Gasteiger partial charge in [-0.15, -0.1) is 0 Å². The molecule has 0 atom stereocenters. The van der Waals surface area contributed by atoms with Crippen molar-refractivity contribution in [3.05, 3.63) is 59.9 Å².